The molecule has 1 nitrogen and oxygen atoms in total. The monoisotopic (exact) mass is 239 g/mol. The van der Waals surface area contributed by atoms with Crippen LogP contribution in [0.15, 0.2) is 0 Å². The molecule has 0 N–H and O–H groups in total. The number of alkyl halides is 6. The molecule has 0 heterocycles. The van der Waals surface area contributed by atoms with Crippen LogP contribution >= 0.6 is 0 Å². The fourth-order valence-electron chi connectivity index (χ4n) is 0.257. The van der Waals surface area contributed by atoms with E-state index >= 15 is 0 Å². The number of rotatable bonds is 0. The zero-order valence-electron chi connectivity index (χ0n) is 4.66. The molecule has 0 radical (unpaired) electrons. The van der Waals surface area contributed by atoms with Crippen LogP contribution < -0.4 is 0 Å². The molecule has 64 valence electrons. The van der Waals surface area contributed by atoms with Gasteiger partial charge >= 0.3 is 61.0 Å². The van der Waals surface area contributed by atoms with Crippen molar-refractivity contribution < 1.29 is 26.3 Å². The molecule has 0 rings (SSSR count). The molecule has 0 aliphatic carbocycles. The summed E-state index contributed by atoms with van der Waals surface area (Å²) >= 11 is -5.35. The average Bonchev–Trinajstić information content (AvgIpc) is 1.56. The van der Waals surface area contributed by atoms with Gasteiger partial charge in [-0.2, -0.15) is 0 Å². The van der Waals surface area contributed by atoms with E-state index in [4.69, 9.17) is 5.26 Å². The SMILES string of the molecule is N#C[As](C(F)(F)F)C(F)(F)F. The van der Waals surface area contributed by atoms with Crippen LogP contribution in [0.4, 0.5) is 26.3 Å². The predicted molar refractivity (Wildman–Crippen MR) is 23.5 cm³/mol. The van der Waals surface area contributed by atoms with Gasteiger partial charge < -0.3 is 0 Å². The van der Waals surface area contributed by atoms with Crippen LogP contribution in [0.3, 0.4) is 0 Å². The molecule has 0 spiro atoms. The van der Waals surface area contributed by atoms with Gasteiger partial charge in [-0.15, -0.1) is 0 Å². The summed E-state index contributed by atoms with van der Waals surface area (Å²) in [7, 11) is 0. The van der Waals surface area contributed by atoms with E-state index in [0.717, 1.165) is 0 Å². The normalized spacial score (nSPS) is 13.3. The van der Waals surface area contributed by atoms with E-state index in [1.54, 1.807) is 0 Å². The van der Waals surface area contributed by atoms with Crippen molar-refractivity contribution in [3.8, 4) is 4.86 Å². The number of hydrogen-bond donors (Lipinski definition) is 0. The van der Waals surface area contributed by atoms with Crippen LogP contribution in [0.25, 0.3) is 0 Å². The van der Waals surface area contributed by atoms with E-state index in [-0.39, 0.29) is 4.86 Å². The number of halogens is 6. The fourth-order valence-corrected chi connectivity index (χ4v) is 1.34. The van der Waals surface area contributed by atoms with Gasteiger partial charge in [-0.1, -0.05) is 0 Å². The first kappa shape index (κ1) is 10.6. The average molecular weight is 239 g/mol. The van der Waals surface area contributed by atoms with Crippen molar-refractivity contribution in [3.05, 3.63) is 0 Å². The fraction of sp³-hybridized carbons (Fsp3) is 0.667. The zero-order chi connectivity index (χ0) is 9.28. The third-order valence-corrected chi connectivity index (χ3v) is 3.15. The van der Waals surface area contributed by atoms with Crippen molar-refractivity contribution in [1.29, 1.82) is 5.26 Å². The number of nitriles is 1. The van der Waals surface area contributed by atoms with Gasteiger partial charge in [0.2, 0.25) is 0 Å². The minimum absolute atomic E-state index is 0.278. The molecular weight excluding hydrogens is 239 g/mol. The van der Waals surface area contributed by atoms with Gasteiger partial charge in [0.1, 0.15) is 0 Å². The van der Waals surface area contributed by atoms with E-state index in [1.165, 1.54) is 0 Å². The van der Waals surface area contributed by atoms with E-state index in [0.29, 0.717) is 0 Å². The molecule has 0 aliphatic rings. The second kappa shape index (κ2) is 2.93. The summed E-state index contributed by atoms with van der Waals surface area (Å²) in [5, 5.41) is 7.57. The Morgan fingerprint density at radius 3 is 1.18 bits per heavy atom. The van der Waals surface area contributed by atoms with Crippen LogP contribution in [0.5, 0.6) is 0 Å². The summed E-state index contributed by atoms with van der Waals surface area (Å²) in [6, 6.07) is 0. The Labute approximate surface area is 61.9 Å². The first-order chi connectivity index (χ1) is 4.69. The Balaban J connectivity index is 4.60. The van der Waals surface area contributed by atoms with Crippen LogP contribution in [0, 0.1) is 10.1 Å². The molecule has 8 heteroatoms. The zero-order valence-corrected chi connectivity index (χ0v) is 6.54. The quantitative estimate of drug-likeness (QED) is 0.466. The van der Waals surface area contributed by atoms with Crippen molar-refractivity contribution in [2.75, 3.05) is 0 Å². The topological polar surface area (TPSA) is 23.8 Å². The second-order valence-electron chi connectivity index (χ2n) is 1.37. The molecule has 0 saturated heterocycles. The molecule has 0 atom stereocenters. The van der Waals surface area contributed by atoms with Gasteiger partial charge in [0.25, 0.3) is 0 Å². The summed E-state index contributed by atoms with van der Waals surface area (Å²) < 4.78 is 68.0. The summed E-state index contributed by atoms with van der Waals surface area (Å²) in [5.41, 5.74) is 0. The first-order valence-electron chi connectivity index (χ1n) is 2.03. The standard InChI is InChI=1S/C3AsF6N/c5-2(6,7)4(1-11)3(8,9)10. The Morgan fingerprint density at radius 1 is 0.909 bits per heavy atom. The molecule has 0 saturated carbocycles. The predicted octanol–water partition coefficient (Wildman–Crippen LogP) is 1.75. The van der Waals surface area contributed by atoms with Gasteiger partial charge in [0, 0.05) is 0 Å². The molecule has 11 heavy (non-hydrogen) atoms. The number of nitrogens with zero attached hydrogens (tertiary/aromatic N) is 1. The summed E-state index contributed by atoms with van der Waals surface area (Å²) in [6.07, 6.45) is 0. The van der Waals surface area contributed by atoms with Gasteiger partial charge in [-0.25, -0.2) is 0 Å². The van der Waals surface area contributed by atoms with Gasteiger partial charge in [0.05, 0.1) is 0 Å². The maximum atomic E-state index is 11.3. The van der Waals surface area contributed by atoms with Crippen LogP contribution in [-0.4, -0.2) is 24.6 Å². The molecule has 0 aromatic heterocycles. The van der Waals surface area contributed by atoms with Crippen LogP contribution in [0.1, 0.15) is 0 Å². The summed E-state index contributed by atoms with van der Waals surface area (Å²) in [6.45, 7) is 0. The summed E-state index contributed by atoms with van der Waals surface area (Å²) in [4.78, 5) is -10.5. The summed E-state index contributed by atoms with van der Waals surface area (Å²) in [5.74, 6) is 0. The van der Waals surface area contributed by atoms with E-state index in [9.17, 15) is 26.3 Å². The van der Waals surface area contributed by atoms with E-state index in [2.05, 4.69) is 0 Å². The van der Waals surface area contributed by atoms with Gasteiger partial charge in [-0.05, 0) is 0 Å². The van der Waals surface area contributed by atoms with Gasteiger partial charge in [0.15, 0.2) is 0 Å². The molecule has 0 amide bonds. The second-order valence-corrected chi connectivity index (χ2v) is 5.33. The molecule has 0 aliphatic heterocycles. The molecule has 0 bridgehead atoms. The molecule has 0 aromatic carbocycles. The minimum atomic E-state index is -5.39. The molecule has 0 fully saturated rings. The van der Waals surface area contributed by atoms with Crippen molar-refractivity contribution >= 4 is 14.7 Å². The van der Waals surface area contributed by atoms with E-state index in [1.807, 2.05) is 0 Å². The first-order valence-corrected chi connectivity index (χ1v) is 4.84. The molecule has 0 unspecified atom stereocenters. The van der Waals surface area contributed by atoms with Crippen molar-refractivity contribution in [2.45, 2.75) is 9.93 Å². The third kappa shape index (κ3) is 3.02. The third-order valence-electron chi connectivity index (χ3n) is 0.607. The van der Waals surface area contributed by atoms with Crippen LogP contribution in [0.2, 0.25) is 0 Å². The van der Waals surface area contributed by atoms with Crippen LogP contribution in [-0.2, 0) is 0 Å². The van der Waals surface area contributed by atoms with Gasteiger partial charge in [-0.3, -0.25) is 0 Å². The Morgan fingerprint density at radius 2 is 1.18 bits per heavy atom. The van der Waals surface area contributed by atoms with E-state index < -0.39 is 24.6 Å². The Kier molecular flexibility index (Phi) is 2.84. The number of hydrogen-bond acceptors (Lipinski definition) is 1. The molecular formula is C3AsF6N. The van der Waals surface area contributed by atoms with Crippen molar-refractivity contribution in [3.63, 3.8) is 0 Å². The Hall–Kier alpha value is -0.372. The maximum absolute atomic E-state index is 11.3. The van der Waals surface area contributed by atoms with Crippen molar-refractivity contribution in [2.24, 2.45) is 0 Å². The Bertz CT molecular complexity index is 160. The van der Waals surface area contributed by atoms with Crippen molar-refractivity contribution in [1.82, 2.24) is 0 Å². The molecule has 0 aromatic rings.